The molecule has 4 rings (SSSR count). The quantitative estimate of drug-likeness (QED) is 0.503. The molecule has 0 bridgehead atoms. The van der Waals surface area contributed by atoms with Gasteiger partial charge in [-0.2, -0.15) is 0 Å². The largest absolute Gasteiger partial charge is 0.481 e. The minimum atomic E-state index is -1.72. The lowest BCUT2D eigenvalue weighted by atomic mass is 9.92. The third-order valence-corrected chi connectivity index (χ3v) is 6.11. The topological polar surface area (TPSA) is 104 Å². The molecule has 1 aromatic heterocycles. The molecule has 0 unspecified atom stereocenters. The van der Waals surface area contributed by atoms with Crippen LogP contribution in [-0.2, 0) is 14.3 Å². The number of aromatic nitrogens is 1. The molecule has 0 aliphatic carbocycles. The van der Waals surface area contributed by atoms with Crippen LogP contribution in [0.1, 0.15) is 18.4 Å². The second-order valence-electron chi connectivity index (χ2n) is 7.61. The Morgan fingerprint density at radius 2 is 2.15 bits per heavy atom. The van der Waals surface area contributed by atoms with Crippen molar-refractivity contribution in [1.29, 1.82) is 0 Å². The molecule has 2 aromatic rings. The summed E-state index contributed by atoms with van der Waals surface area (Å²) in [6, 6.07) is 6.26. The molecule has 0 amide bonds. The van der Waals surface area contributed by atoms with E-state index in [-0.39, 0.29) is 38.6 Å². The van der Waals surface area contributed by atoms with Crippen molar-refractivity contribution in [1.82, 2.24) is 15.2 Å². The number of hydrogen-bond donors (Lipinski definition) is 2. The summed E-state index contributed by atoms with van der Waals surface area (Å²) in [6.07, 6.45) is 1.14. The zero-order valence-corrected chi connectivity index (χ0v) is 20.7. The minimum Gasteiger partial charge on any atom is -0.481 e. The first-order valence-corrected chi connectivity index (χ1v) is 12.0. The Hall–Kier alpha value is -2.70. The molecule has 8 nitrogen and oxygen atoms in total. The van der Waals surface area contributed by atoms with Crippen LogP contribution in [-0.4, -0.2) is 71.2 Å². The number of rotatable bonds is 7. The number of carboxylic acids is 1. The summed E-state index contributed by atoms with van der Waals surface area (Å²) >= 11 is 4.54. The Bertz CT molecular complexity index is 1070. The maximum absolute atomic E-state index is 14.3. The molecule has 0 spiro atoms. The summed E-state index contributed by atoms with van der Waals surface area (Å²) in [5, 5.41) is 14.4. The van der Waals surface area contributed by atoms with Gasteiger partial charge in [0.05, 0.1) is 25.1 Å². The smallest absolute Gasteiger partial charge is 0.337 e. The molecule has 1 aromatic carbocycles. The van der Waals surface area contributed by atoms with Crippen LogP contribution in [0, 0.1) is 5.82 Å². The van der Waals surface area contributed by atoms with Gasteiger partial charge in [0.2, 0.25) is 0 Å². The molecule has 3 heterocycles. The van der Waals surface area contributed by atoms with Crippen LogP contribution in [0.5, 0.6) is 0 Å². The number of aliphatic carboxylic acids is 1. The summed E-state index contributed by atoms with van der Waals surface area (Å²) in [7, 11) is 0. The van der Waals surface area contributed by atoms with E-state index in [1.54, 1.807) is 30.2 Å². The van der Waals surface area contributed by atoms with Gasteiger partial charge in [-0.15, -0.1) is 11.3 Å². The lowest BCUT2D eigenvalue weighted by Crippen LogP contribution is -2.60. The van der Waals surface area contributed by atoms with Gasteiger partial charge < -0.3 is 15.2 Å². The summed E-state index contributed by atoms with van der Waals surface area (Å²) < 4.78 is 32.2. The van der Waals surface area contributed by atoms with Gasteiger partial charge in [-0.3, -0.25) is 14.7 Å². The monoisotopic (exact) mass is 556 g/mol. The highest BCUT2D eigenvalue weighted by molar-refractivity contribution is 9.10. The number of halogens is 3. The number of thiazole rings is 1. The molecular weight excluding hydrogens is 534 g/mol. The maximum Gasteiger partial charge on any atom is 0.337 e. The minimum absolute atomic E-state index is 0.00428. The fourth-order valence-electron chi connectivity index (χ4n) is 3.45. The van der Waals surface area contributed by atoms with E-state index in [2.05, 4.69) is 31.2 Å². The second kappa shape index (κ2) is 11.6. The Balaban J connectivity index is 0.000000343. The SMILES string of the molecule is CCOC(=O)C1=C(CN2CC(F)(CC(=O)O)C2)NC(c2nccs2)=NC1.Fc1cccc(Br)c1. The highest BCUT2D eigenvalue weighted by Gasteiger charge is 2.45. The van der Waals surface area contributed by atoms with Gasteiger partial charge in [0, 0.05) is 41.4 Å². The van der Waals surface area contributed by atoms with Crippen molar-refractivity contribution >= 4 is 45.0 Å². The highest BCUT2D eigenvalue weighted by atomic mass is 79.9. The molecular formula is C22H23BrF2N4O4S. The van der Waals surface area contributed by atoms with Gasteiger partial charge in [-0.25, -0.2) is 18.6 Å². The number of alkyl halides is 1. The van der Waals surface area contributed by atoms with Crippen molar-refractivity contribution < 1.29 is 28.2 Å². The molecule has 0 saturated carbocycles. The van der Waals surface area contributed by atoms with Gasteiger partial charge in [-0.05, 0) is 25.1 Å². The zero-order chi connectivity index (χ0) is 24.7. The van der Waals surface area contributed by atoms with Gasteiger partial charge in [0.1, 0.15) is 11.5 Å². The van der Waals surface area contributed by atoms with Crippen molar-refractivity contribution in [3.63, 3.8) is 0 Å². The molecule has 0 radical (unpaired) electrons. The van der Waals surface area contributed by atoms with Gasteiger partial charge in [0.25, 0.3) is 0 Å². The number of likely N-dealkylation sites (tertiary alicyclic amines) is 1. The molecule has 2 aliphatic rings. The van der Waals surface area contributed by atoms with Gasteiger partial charge in [0.15, 0.2) is 10.8 Å². The van der Waals surface area contributed by atoms with E-state index >= 15 is 0 Å². The Kier molecular flexibility index (Phi) is 8.86. The number of ether oxygens (including phenoxy) is 1. The molecule has 0 atom stereocenters. The molecule has 34 heavy (non-hydrogen) atoms. The zero-order valence-electron chi connectivity index (χ0n) is 18.3. The first kappa shape index (κ1) is 25.9. The normalized spacial score (nSPS) is 17.0. The van der Waals surface area contributed by atoms with Crippen LogP contribution < -0.4 is 5.32 Å². The predicted molar refractivity (Wildman–Crippen MR) is 127 cm³/mol. The maximum atomic E-state index is 14.3. The number of aliphatic imine (C=N–C) groups is 1. The van der Waals surface area contributed by atoms with Crippen LogP contribution in [0.15, 0.2) is 56.6 Å². The van der Waals surface area contributed by atoms with E-state index in [0.717, 1.165) is 4.47 Å². The standard InChI is InChI=1S/C16H19FN4O4S.C6H4BrF/c1-2-25-15(24)10-6-19-13(14-18-3-4-26-14)20-11(10)7-21-8-16(17,9-21)5-12(22)23;7-5-2-1-3-6(8)4-5/h3-4H,2,5-9H2,1H3,(H,19,20)(H,22,23);1-4H. The Morgan fingerprint density at radius 3 is 2.71 bits per heavy atom. The van der Waals surface area contributed by atoms with Crippen LogP contribution in [0.4, 0.5) is 8.78 Å². The van der Waals surface area contributed by atoms with Crippen LogP contribution in [0.2, 0.25) is 0 Å². The number of nitrogens with one attached hydrogen (secondary N) is 1. The molecule has 2 aliphatic heterocycles. The van der Waals surface area contributed by atoms with Crippen LogP contribution in [0.3, 0.4) is 0 Å². The number of amidine groups is 1. The van der Waals surface area contributed by atoms with E-state index in [9.17, 15) is 18.4 Å². The molecule has 1 fully saturated rings. The first-order chi connectivity index (χ1) is 16.2. The Morgan fingerprint density at radius 1 is 1.38 bits per heavy atom. The van der Waals surface area contributed by atoms with E-state index in [4.69, 9.17) is 9.84 Å². The number of carboxylic acid groups (broad SMARTS) is 1. The number of esters is 1. The average Bonchev–Trinajstić information content (AvgIpc) is 3.27. The van der Waals surface area contributed by atoms with E-state index in [0.29, 0.717) is 22.1 Å². The average molecular weight is 557 g/mol. The van der Waals surface area contributed by atoms with Crippen LogP contribution >= 0.6 is 27.3 Å². The summed E-state index contributed by atoms with van der Waals surface area (Å²) in [5.41, 5.74) is -0.750. The fraction of sp³-hybridized carbons (Fsp3) is 0.364. The molecule has 2 N–H and O–H groups in total. The molecule has 182 valence electrons. The number of hydrogen-bond acceptors (Lipinski definition) is 8. The van der Waals surface area contributed by atoms with Gasteiger partial charge in [-0.1, -0.05) is 22.0 Å². The van der Waals surface area contributed by atoms with E-state index < -0.39 is 24.0 Å². The Labute approximate surface area is 207 Å². The third-order valence-electron chi connectivity index (χ3n) is 4.84. The summed E-state index contributed by atoms with van der Waals surface area (Å²) in [5.74, 6) is -1.28. The van der Waals surface area contributed by atoms with E-state index in [1.807, 2.05) is 5.38 Å². The number of nitrogens with zero attached hydrogens (tertiary/aromatic N) is 3. The number of benzene rings is 1. The third kappa shape index (κ3) is 7.15. The summed E-state index contributed by atoms with van der Waals surface area (Å²) in [4.78, 5) is 33.2. The lowest BCUT2D eigenvalue weighted by Gasteiger charge is -2.44. The molecule has 12 heteroatoms. The second-order valence-corrected chi connectivity index (χ2v) is 9.42. The van der Waals surface area contributed by atoms with Crippen LogP contribution in [0.25, 0.3) is 0 Å². The highest BCUT2D eigenvalue weighted by Crippen LogP contribution is 2.30. The first-order valence-electron chi connectivity index (χ1n) is 10.3. The van der Waals surface area contributed by atoms with Crippen molar-refractivity contribution in [3.8, 4) is 0 Å². The number of carbonyl (C=O) groups excluding carboxylic acids is 1. The van der Waals surface area contributed by atoms with Gasteiger partial charge >= 0.3 is 11.9 Å². The molecule has 1 saturated heterocycles. The van der Waals surface area contributed by atoms with Crippen molar-refractivity contribution in [2.24, 2.45) is 4.99 Å². The number of carbonyl (C=O) groups is 2. The van der Waals surface area contributed by atoms with Crippen molar-refractivity contribution in [2.75, 3.05) is 32.8 Å². The van der Waals surface area contributed by atoms with Crippen molar-refractivity contribution in [3.05, 3.63) is 62.4 Å². The van der Waals surface area contributed by atoms with E-state index in [1.165, 1.54) is 23.5 Å². The lowest BCUT2D eigenvalue weighted by molar-refractivity contribution is -0.144. The predicted octanol–water partition coefficient (Wildman–Crippen LogP) is 3.40. The van der Waals surface area contributed by atoms with Crippen molar-refractivity contribution in [2.45, 2.75) is 19.0 Å². The fourth-order valence-corrected chi connectivity index (χ4v) is 4.42. The summed E-state index contributed by atoms with van der Waals surface area (Å²) in [6.45, 7) is 2.41.